The van der Waals surface area contributed by atoms with Crippen LogP contribution < -0.4 is 10.1 Å². The van der Waals surface area contributed by atoms with Gasteiger partial charge in [0.25, 0.3) is 0 Å². The fraction of sp³-hybridized carbons (Fsp3) is 0.500. The Kier molecular flexibility index (Phi) is 3.92. The maximum absolute atomic E-state index is 5.49. The van der Waals surface area contributed by atoms with Crippen LogP contribution in [0.2, 0.25) is 0 Å². The Morgan fingerprint density at radius 2 is 2.19 bits per heavy atom. The van der Waals surface area contributed by atoms with Gasteiger partial charge in [0.05, 0.1) is 12.6 Å². The third kappa shape index (κ3) is 2.93. The van der Waals surface area contributed by atoms with Crippen molar-refractivity contribution < 1.29 is 9.26 Å². The van der Waals surface area contributed by atoms with Gasteiger partial charge >= 0.3 is 0 Å². The fourth-order valence-electron chi connectivity index (χ4n) is 2.81. The second kappa shape index (κ2) is 5.85. The molecule has 1 unspecified atom stereocenters. The third-order valence-corrected chi connectivity index (χ3v) is 4.10. The van der Waals surface area contributed by atoms with Crippen LogP contribution in [-0.4, -0.2) is 23.8 Å². The first kappa shape index (κ1) is 14.1. The average molecular weight is 287 g/mol. The van der Waals surface area contributed by atoms with E-state index in [1.54, 1.807) is 7.11 Å². The van der Waals surface area contributed by atoms with Gasteiger partial charge < -0.3 is 14.6 Å². The first-order valence-corrected chi connectivity index (χ1v) is 7.41. The van der Waals surface area contributed by atoms with E-state index in [1.165, 1.54) is 12.8 Å². The molecule has 2 aromatic rings. The minimum atomic E-state index is -0.190. The van der Waals surface area contributed by atoms with Gasteiger partial charge in [-0.05, 0) is 38.8 Å². The molecule has 1 aliphatic rings. The van der Waals surface area contributed by atoms with E-state index in [2.05, 4.69) is 22.4 Å². The SMILES string of the molecule is COc1ccccc1Cc1noc(C2(C)CCCCN2)n1. The van der Waals surface area contributed by atoms with Gasteiger partial charge in [-0.25, -0.2) is 0 Å². The lowest BCUT2D eigenvalue weighted by Gasteiger charge is -2.31. The highest BCUT2D eigenvalue weighted by molar-refractivity contribution is 5.35. The molecule has 112 valence electrons. The minimum Gasteiger partial charge on any atom is -0.496 e. The number of rotatable bonds is 4. The van der Waals surface area contributed by atoms with Crippen LogP contribution in [0.15, 0.2) is 28.8 Å². The first-order valence-electron chi connectivity index (χ1n) is 7.41. The molecule has 21 heavy (non-hydrogen) atoms. The third-order valence-electron chi connectivity index (χ3n) is 4.10. The standard InChI is InChI=1S/C16H21N3O2/c1-16(9-5-6-10-17-16)15-18-14(19-21-15)11-12-7-3-4-8-13(12)20-2/h3-4,7-8,17H,5-6,9-11H2,1-2H3. The Hall–Kier alpha value is -1.88. The number of benzene rings is 1. The van der Waals surface area contributed by atoms with Gasteiger partial charge in [0, 0.05) is 12.0 Å². The van der Waals surface area contributed by atoms with Crippen molar-refractivity contribution in [3.63, 3.8) is 0 Å². The van der Waals surface area contributed by atoms with Crippen molar-refractivity contribution in [2.45, 2.75) is 38.1 Å². The van der Waals surface area contributed by atoms with Crippen LogP contribution in [0.1, 0.15) is 43.5 Å². The summed E-state index contributed by atoms with van der Waals surface area (Å²) in [6, 6.07) is 7.91. The molecule has 0 bridgehead atoms. The highest BCUT2D eigenvalue weighted by atomic mass is 16.5. The van der Waals surface area contributed by atoms with Crippen molar-refractivity contribution in [2.75, 3.05) is 13.7 Å². The average Bonchev–Trinajstić information content (AvgIpc) is 2.98. The van der Waals surface area contributed by atoms with Crippen LogP contribution in [-0.2, 0) is 12.0 Å². The molecule has 3 rings (SSSR count). The number of hydrogen-bond donors (Lipinski definition) is 1. The van der Waals surface area contributed by atoms with E-state index in [9.17, 15) is 0 Å². The van der Waals surface area contributed by atoms with Gasteiger partial charge in [0.15, 0.2) is 5.82 Å². The second-order valence-electron chi connectivity index (χ2n) is 5.72. The summed E-state index contributed by atoms with van der Waals surface area (Å²) < 4.78 is 10.9. The zero-order valence-corrected chi connectivity index (χ0v) is 12.6. The number of methoxy groups -OCH3 is 1. The van der Waals surface area contributed by atoms with Gasteiger partial charge in [-0.1, -0.05) is 23.4 Å². The topological polar surface area (TPSA) is 60.2 Å². The quantitative estimate of drug-likeness (QED) is 0.936. The molecule has 2 heterocycles. The predicted octanol–water partition coefficient (Wildman–Crippen LogP) is 2.66. The number of aromatic nitrogens is 2. The summed E-state index contributed by atoms with van der Waals surface area (Å²) in [6.45, 7) is 3.13. The van der Waals surface area contributed by atoms with Gasteiger partial charge in [-0.3, -0.25) is 0 Å². The van der Waals surface area contributed by atoms with E-state index >= 15 is 0 Å². The molecule has 1 fully saturated rings. The summed E-state index contributed by atoms with van der Waals surface area (Å²) in [5.41, 5.74) is 0.874. The van der Waals surface area contributed by atoms with E-state index in [0.29, 0.717) is 18.1 Å². The molecule has 1 aromatic heterocycles. The van der Waals surface area contributed by atoms with Gasteiger partial charge in [-0.2, -0.15) is 4.98 Å². The van der Waals surface area contributed by atoms with Crippen molar-refractivity contribution in [3.05, 3.63) is 41.5 Å². The van der Waals surface area contributed by atoms with Gasteiger partial charge in [0.2, 0.25) is 5.89 Å². The Labute approximate surface area is 124 Å². The van der Waals surface area contributed by atoms with E-state index < -0.39 is 0 Å². The van der Waals surface area contributed by atoms with Crippen molar-refractivity contribution in [2.24, 2.45) is 0 Å². The van der Waals surface area contributed by atoms with Crippen molar-refractivity contribution in [3.8, 4) is 5.75 Å². The Balaban J connectivity index is 1.79. The largest absolute Gasteiger partial charge is 0.496 e. The summed E-state index contributed by atoms with van der Waals surface area (Å²) in [5.74, 6) is 2.24. The number of para-hydroxylation sites is 1. The maximum atomic E-state index is 5.49. The summed E-state index contributed by atoms with van der Waals surface area (Å²) in [7, 11) is 1.67. The molecular weight excluding hydrogens is 266 g/mol. The summed E-state index contributed by atoms with van der Waals surface area (Å²) >= 11 is 0. The van der Waals surface area contributed by atoms with E-state index in [1.807, 2.05) is 24.3 Å². The molecule has 0 aliphatic carbocycles. The van der Waals surface area contributed by atoms with Crippen LogP contribution in [0.4, 0.5) is 0 Å². The minimum absolute atomic E-state index is 0.190. The Bertz CT molecular complexity index is 603. The number of piperidine rings is 1. The van der Waals surface area contributed by atoms with Gasteiger partial charge in [0.1, 0.15) is 5.75 Å². The highest BCUT2D eigenvalue weighted by Crippen LogP contribution is 2.29. The van der Waals surface area contributed by atoms with E-state index in [0.717, 1.165) is 24.3 Å². The molecule has 5 nitrogen and oxygen atoms in total. The summed E-state index contributed by atoms with van der Waals surface area (Å²) in [4.78, 5) is 4.58. The predicted molar refractivity (Wildman–Crippen MR) is 79.3 cm³/mol. The molecule has 0 saturated carbocycles. The smallest absolute Gasteiger partial charge is 0.246 e. The van der Waals surface area contributed by atoms with Crippen molar-refractivity contribution >= 4 is 0 Å². The number of hydrogen-bond acceptors (Lipinski definition) is 5. The normalized spacial score (nSPS) is 22.2. The van der Waals surface area contributed by atoms with Crippen LogP contribution in [0.25, 0.3) is 0 Å². The Morgan fingerprint density at radius 1 is 1.33 bits per heavy atom. The lowest BCUT2D eigenvalue weighted by atomic mass is 9.91. The molecule has 1 saturated heterocycles. The molecule has 5 heteroatoms. The summed E-state index contributed by atoms with van der Waals surface area (Å²) in [6.07, 6.45) is 4.04. The van der Waals surface area contributed by atoms with Crippen molar-refractivity contribution in [1.29, 1.82) is 0 Å². The zero-order chi connectivity index (χ0) is 14.7. The second-order valence-corrected chi connectivity index (χ2v) is 5.72. The first-order chi connectivity index (χ1) is 10.2. The zero-order valence-electron chi connectivity index (χ0n) is 12.6. The lowest BCUT2D eigenvalue weighted by Crippen LogP contribution is -2.43. The molecular formula is C16H21N3O2. The Morgan fingerprint density at radius 3 is 2.95 bits per heavy atom. The maximum Gasteiger partial charge on any atom is 0.246 e. The summed E-state index contributed by atoms with van der Waals surface area (Å²) in [5, 5.41) is 7.62. The van der Waals surface area contributed by atoms with Crippen LogP contribution in [0.5, 0.6) is 5.75 Å². The number of nitrogens with zero attached hydrogens (tertiary/aromatic N) is 2. The van der Waals surface area contributed by atoms with Crippen LogP contribution in [0.3, 0.4) is 0 Å². The molecule has 0 radical (unpaired) electrons. The fourth-order valence-corrected chi connectivity index (χ4v) is 2.81. The van der Waals surface area contributed by atoms with Gasteiger partial charge in [-0.15, -0.1) is 0 Å². The lowest BCUT2D eigenvalue weighted by molar-refractivity contribution is 0.206. The van der Waals surface area contributed by atoms with E-state index in [4.69, 9.17) is 9.26 Å². The number of nitrogens with one attached hydrogen (secondary N) is 1. The van der Waals surface area contributed by atoms with Crippen molar-refractivity contribution in [1.82, 2.24) is 15.5 Å². The molecule has 0 spiro atoms. The monoisotopic (exact) mass is 287 g/mol. The molecule has 1 aromatic carbocycles. The van der Waals surface area contributed by atoms with Crippen LogP contribution >= 0.6 is 0 Å². The molecule has 0 amide bonds. The number of ether oxygens (including phenoxy) is 1. The molecule has 1 atom stereocenters. The highest BCUT2D eigenvalue weighted by Gasteiger charge is 2.34. The van der Waals surface area contributed by atoms with Crippen LogP contribution in [0, 0.1) is 0 Å². The molecule has 1 aliphatic heterocycles. The molecule has 1 N–H and O–H groups in total. The van der Waals surface area contributed by atoms with E-state index in [-0.39, 0.29) is 5.54 Å².